The lowest BCUT2D eigenvalue weighted by Gasteiger charge is -2.20. The first-order valence-electron chi connectivity index (χ1n) is 6.80. The summed E-state index contributed by atoms with van der Waals surface area (Å²) in [5, 5.41) is 3.90. The Morgan fingerprint density at radius 2 is 1.90 bits per heavy atom. The Labute approximate surface area is 129 Å². The van der Waals surface area contributed by atoms with Gasteiger partial charge in [0.1, 0.15) is 17.3 Å². The molecule has 0 saturated heterocycles. The van der Waals surface area contributed by atoms with Crippen molar-refractivity contribution in [3.8, 4) is 11.5 Å². The Bertz CT molecular complexity index is 622. The molecule has 21 heavy (non-hydrogen) atoms. The molecule has 0 aliphatic carbocycles. The van der Waals surface area contributed by atoms with Gasteiger partial charge in [0.05, 0.1) is 5.02 Å². The predicted molar refractivity (Wildman–Crippen MR) is 84.5 cm³/mol. The van der Waals surface area contributed by atoms with Crippen molar-refractivity contribution in [1.82, 2.24) is 5.32 Å². The molecule has 1 N–H and O–H groups in total. The number of hydrogen-bond donors (Lipinski definition) is 1. The van der Waals surface area contributed by atoms with Crippen LogP contribution in [0.2, 0.25) is 5.02 Å². The Kier molecular flexibility index (Phi) is 4.86. The number of rotatable bonds is 4. The summed E-state index contributed by atoms with van der Waals surface area (Å²) in [6.45, 7) is 7.05. The molecule has 2 aromatic carbocycles. The molecule has 112 valence electrons. The molecule has 0 heterocycles. The van der Waals surface area contributed by atoms with Crippen molar-refractivity contribution in [3.05, 3.63) is 58.9 Å². The first-order chi connectivity index (χ1) is 9.83. The smallest absolute Gasteiger partial charge is 0.146 e. The van der Waals surface area contributed by atoms with Crippen molar-refractivity contribution in [2.45, 2.75) is 32.9 Å². The Hall–Kier alpha value is -1.58. The maximum atomic E-state index is 13.1. The first-order valence-corrected chi connectivity index (χ1v) is 7.18. The molecule has 0 fully saturated rings. The van der Waals surface area contributed by atoms with E-state index in [1.165, 1.54) is 12.1 Å². The highest BCUT2D eigenvalue weighted by atomic mass is 35.5. The van der Waals surface area contributed by atoms with E-state index in [-0.39, 0.29) is 11.4 Å². The van der Waals surface area contributed by atoms with Gasteiger partial charge in [-0.1, -0.05) is 23.7 Å². The maximum Gasteiger partial charge on any atom is 0.146 e. The third-order valence-electron chi connectivity index (χ3n) is 2.84. The van der Waals surface area contributed by atoms with Crippen molar-refractivity contribution in [1.29, 1.82) is 0 Å². The fourth-order valence-electron chi connectivity index (χ4n) is 1.76. The number of ether oxygens (including phenoxy) is 1. The van der Waals surface area contributed by atoms with Crippen molar-refractivity contribution < 1.29 is 9.13 Å². The number of hydrogen-bond acceptors (Lipinski definition) is 2. The molecule has 2 nitrogen and oxygen atoms in total. The normalized spacial score (nSPS) is 11.5. The maximum absolute atomic E-state index is 13.1. The van der Waals surface area contributed by atoms with Crippen LogP contribution in [0.5, 0.6) is 11.5 Å². The minimum Gasteiger partial charge on any atom is -0.456 e. The fraction of sp³-hybridized carbons (Fsp3) is 0.294. The second-order valence-electron chi connectivity index (χ2n) is 5.93. The van der Waals surface area contributed by atoms with E-state index in [1.54, 1.807) is 18.2 Å². The van der Waals surface area contributed by atoms with Crippen LogP contribution in [-0.4, -0.2) is 5.54 Å². The molecular formula is C17H19ClFNO. The molecule has 0 radical (unpaired) electrons. The zero-order chi connectivity index (χ0) is 15.5. The van der Waals surface area contributed by atoms with Crippen LogP contribution >= 0.6 is 11.6 Å². The van der Waals surface area contributed by atoms with Crippen molar-refractivity contribution in [3.63, 3.8) is 0 Å². The SMILES string of the molecule is CC(C)(C)NCc1ccc(Oc2cccc(F)c2)c(Cl)c1. The van der Waals surface area contributed by atoms with E-state index in [1.807, 2.05) is 12.1 Å². The van der Waals surface area contributed by atoms with Crippen LogP contribution in [0.25, 0.3) is 0 Å². The van der Waals surface area contributed by atoms with Gasteiger partial charge in [-0.3, -0.25) is 0 Å². The molecule has 0 aliphatic heterocycles. The van der Waals surface area contributed by atoms with Gasteiger partial charge in [0.15, 0.2) is 0 Å². The molecule has 0 aromatic heterocycles. The van der Waals surface area contributed by atoms with Gasteiger partial charge >= 0.3 is 0 Å². The molecule has 0 unspecified atom stereocenters. The number of benzene rings is 2. The lowest BCUT2D eigenvalue weighted by atomic mass is 10.1. The van der Waals surface area contributed by atoms with Gasteiger partial charge in [-0.2, -0.15) is 0 Å². The highest BCUT2D eigenvalue weighted by molar-refractivity contribution is 6.32. The first kappa shape index (κ1) is 15.8. The monoisotopic (exact) mass is 307 g/mol. The van der Waals surface area contributed by atoms with Gasteiger partial charge < -0.3 is 10.1 Å². The minimum atomic E-state index is -0.338. The number of nitrogens with one attached hydrogen (secondary N) is 1. The van der Waals surface area contributed by atoms with Crippen molar-refractivity contribution in [2.75, 3.05) is 0 Å². The van der Waals surface area contributed by atoms with Crippen LogP contribution in [0.15, 0.2) is 42.5 Å². The largest absolute Gasteiger partial charge is 0.456 e. The predicted octanol–water partition coefficient (Wildman–Crippen LogP) is 5.16. The molecule has 4 heteroatoms. The Morgan fingerprint density at radius 1 is 1.14 bits per heavy atom. The van der Waals surface area contributed by atoms with Crippen LogP contribution in [0.4, 0.5) is 4.39 Å². The van der Waals surface area contributed by atoms with E-state index >= 15 is 0 Å². The lowest BCUT2D eigenvalue weighted by Crippen LogP contribution is -2.35. The summed E-state index contributed by atoms with van der Waals surface area (Å²) in [7, 11) is 0. The highest BCUT2D eigenvalue weighted by Gasteiger charge is 2.10. The summed E-state index contributed by atoms with van der Waals surface area (Å²) in [5.74, 6) is 0.605. The van der Waals surface area contributed by atoms with Gasteiger partial charge in [0.2, 0.25) is 0 Å². The summed E-state index contributed by atoms with van der Waals surface area (Å²) in [6.07, 6.45) is 0. The molecule has 0 spiro atoms. The highest BCUT2D eigenvalue weighted by Crippen LogP contribution is 2.30. The summed E-state index contributed by atoms with van der Waals surface area (Å²) in [5.41, 5.74) is 1.12. The molecule has 0 atom stereocenters. The topological polar surface area (TPSA) is 21.3 Å². The standard InChI is InChI=1S/C17H19ClFNO/c1-17(2,3)20-11-12-7-8-16(15(18)9-12)21-14-6-4-5-13(19)10-14/h4-10,20H,11H2,1-3H3. The average Bonchev–Trinajstić information content (AvgIpc) is 2.38. The summed E-state index contributed by atoms with van der Waals surface area (Å²) in [6, 6.07) is 11.6. The van der Waals surface area contributed by atoms with Gasteiger partial charge in [0.25, 0.3) is 0 Å². The summed E-state index contributed by atoms with van der Waals surface area (Å²) in [4.78, 5) is 0. The minimum absolute atomic E-state index is 0.0449. The number of halogens is 2. The molecule has 0 amide bonds. The zero-order valence-corrected chi connectivity index (χ0v) is 13.2. The molecular weight excluding hydrogens is 289 g/mol. The van der Waals surface area contributed by atoms with Crippen LogP contribution < -0.4 is 10.1 Å². The van der Waals surface area contributed by atoms with Gasteiger partial charge in [-0.15, -0.1) is 0 Å². The van der Waals surface area contributed by atoms with E-state index < -0.39 is 0 Å². The van der Waals surface area contributed by atoms with Gasteiger partial charge in [-0.05, 0) is 50.6 Å². The summed E-state index contributed by atoms with van der Waals surface area (Å²) >= 11 is 6.22. The van der Waals surface area contributed by atoms with Crippen LogP contribution in [0.3, 0.4) is 0 Å². The third-order valence-corrected chi connectivity index (χ3v) is 3.14. The fourth-order valence-corrected chi connectivity index (χ4v) is 2.00. The van der Waals surface area contributed by atoms with Crippen LogP contribution in [0.1, 0.15) is 26.3 Å². The average molecular weight is 308 g/mol. The van der Waals surface area contributed by atoms with Crippen molar-refractivity contribution >= 4 is 11.6 Å². The van der Waals surface area contributed by atoms with E-state index in [0.717, 1.165) is 12.1 Å². The molecule has 2 rings (SSSR count). The van der Waals surface area contributed by atoms with Crippen LogP contribution in [0, 0.1) is 5.82 Å². The zero-order valence-electron chi connectivity index (χ0n) is 12.4. The third kappa shape index (κ3) is 5.03. The molecule has 2 aromatic rings. The molecule has 0 bridgehead atoms. The van der Waals surface area contributed by atoms with E-state index in [2.05, 4.69) is 26.1 Å². The van der Waals surface area contributed by atoms with Gasteiger partial charge in [-0.25, -0.2) is 4.39 Å². The van der Waals surface area contributed by atoms with E-state index in [0.29, 0.717) is 16.5 Å². The van der Waals surface area contributed by atoms with Crippen LogP contribution in [-0.2, 0) is 6.54 Å². The van der Waals surface area contributed by atoms with E-state index in [4.69, 9.17) is 16.3 Å². The quantitative estimate of drug-likeness (QED) is 0.842. The molecule has 0 aliphatic rings. The Morgan fingerprint density at radius 3 is 2.52 bits per heavy atom. The van der Waals surface area contributed by atoms with E-state index in [9.17, 15) is 4.39 Å². The second kappa shape index (κ2) is 6.46. The lowest BCUT2D eigenvalue weighted by molar-refractivity contribution is 0.424. The summed E-state index contributed by atoms with van der Waals surface area (Å²) < 4.78 is 18.7. The Balaban J connectivity index is 2.09. The van der Waals surface area contributed by atoms with Crippen molar-refractivity contribution in [2.24, 2.45) is 0 Å². The molecule has 0 saturated carbocycles. The second-order valence-corrected chi connectivity index (χ2v) is 6.33. The van der Waals surface area contributed by atoms with Gasteiger partial charge in [0, 0.05) is 18.2 Å².